The summed E-state index contributed by atoms with van der Waals surface area (Å²) in [5.74, 6) is 1.94. The summed E-state index contributed by atoms with van der Waals surface area (Å²) in [5.41, 5.74) is 1.17. The van der Waals surface area contributed by atoms with Gasteiger partial charge in [-0.2, -0.15) is 0 Å². The molecular formula is C22H33N7S. The normalized spacial score (nSPS) is 19.2. The Morgan fingerprint density at radius 2 is 1.90 bits per heavy atom. The highest BCUT2D eigenvalue weighted by Gasteiger charge is 2.20. The van der Waals surface area contributed by atoms with E-state index in [1.165, 1.54) is 10.6 Å². The van der Waals surface area contributed by atoms with E-state index in [-0.39, 0.29) is 0 Å². The molecule has 0 aromatic carbocycles. The average molecular weight is 428 g/mol. The van der Waals surface area contributed by atoms with Crippen LogP contribution in [0.25, 0.3) is 0 Å². The number of thiophene rings is 1. The minimum Gasteiger partial charge on any atom is -0.363 e. The molecule has 4 heterocycles. The van der Waals surface area contributed by atoms with Crippen molar-refractivity contribution in [2.75, 3.05) is 63.2 Å². The zero-order chi connectivity index (χ0) is 20.8. The van der Waals surface area contributed by atoms with E-state index < -0.39 is 0 Å². The molecule has 0 spiro atoms. The van der Waals surface area contributed by atoms with Crippen molar-refractivity contribution < 1.29 is 0 Å². The van der Waals surface area contributed by atoms with E-state index in [9.17, 15) is 0 Å². The van der Waals surface area contributed by atoms with Gasteiger partial charge in [0.15, 0.2) is 5.96 Å². The lowest BCUT2D eigenvalue weighted by Gasteiger charge is -2.33. The number of piperazine rings is 1. The maximum Gasteiger partial charge on any atom is 0.191 e. The van der Waals surface area contributed by atoms with Crippen LogP contribution in [-0.2, 0) is 6.54 Å². The summed E-state index contributed by atoms with van der Waals surface area (Å²) >= 11 is 1.82. The molecule has 162 valence electrons. The molecule has 0 bridgehead atoms. The lowest BCUT2D eigenvalue weighted by Crippen LogP contribution is -2.48. The van der Waals surface area contributed by atoms with Gasteiger partial charge in [0.1, 0.15) is 5.82 Å². The van der Waals surface area contributed by atoms with Crippen LogP contribution in [0.2, 0.25) is 0 Å². The number of likely N-dealkylation sites (N-methyl/N-ethyl adjacent to an activating group) is 1. The van der Waals surface area contributed by atoms with Crippen LogP contribution in [0.4, 0.5) is 10.8 Å². The zero-order valence-electron chi connectivity index (χ0n) is 18.0. The zero-order valence-corrected chi connectivity index (χ0v) is 18.9. The van der Waals surface area contributed by atoms with E-state index in [4.69, 9.17) is 0 Å². The molecule has 0 saturated carbocycles. The molecule has 4 rings (SSSR count). The van der Waals surface area contributed by atoms with Crippen LogP contribution in [-0.4, -0.2) is 75.2 Å². The highest BCUT2D eigenvalue weighted by Crippen LogP contribution is 2.24. The molecule has 7 nitrogen and oxygen atoms in total. The lowest BCUT2D eigenvalue weighted by atomic mass is 10.1. The first kappa shape index (κ1) is 20.9. The fourth-order valence-corrected chi connectivity index (χ4v) is 4.80. The summed E-state index contributed by atoms with van der Waals surface area (Å²) in [7, 11) is 4.01. The van der Waals surface area contributed by atoms with Crippen molar-refractivity contribution in [2.24, 2.45) is 4.99 Å². The molecule has 0 amide bonds. The molecular weight excluding hydrogens is 394 g/mol. The predicted octanol–water partition coefficient (Wildman–Crippen LogP) is 2.23. The number of aliphatic imine (C=N–C) groups is 1. The second-order valence-corrected chi connectivity index (χ2v) is 9.02. The second-order valence-electron chi connectivity index (χ2n) is 8.10. The third-order valence-corrected chi connectivity index (χ3v) is 6.90. The SMILES string of the molecule is CN=C(NCc1ccc(N2CCN(C)CC2)nc1)NC1CCN(c2cccs2)CC1. The van der Waals surface area contributed by atoms with Crippen molar-refractivity contribution in [3.63, 3.8) is 0 Å². The highest BCUT2D eigenvalue weighted by atomic mass is 32.1. The van der Waals surface area contributed by atoms with Crippen LogP contribution in [0.1, 0.15) is 18.4 Å². The van der Waals surface area contributed by atoms with Gasteiger partial charge >= 0.3 is 0 Å². The Morgan fingerprint density at radius 3 is 2.53 bits per heavy atom. The van der Waals surface area contributed by atoms with Gasteiger partial charge in [-0.05, 0) is 49.0 Å². The standard InChI is InChI=1S/C22H33N7S/c1-23-22(26-19-7-9-29(10-8-19)21-4-3-15-30-21)25-17-18-5-6-20(24-16-18)28-13-11-27(2)12-14-28/h3-6,15-16,19H,7-14,17H2,1-2H3,(H2,23,25,26). The van der Waals surface area contributed by atoms with Gasteiger partial charge in [-0.15, -0.1) is 11.3 Å². The minimum atomic E-state index is 0.463. The Kier molecular flexibility index (Phi) is 7.07. The first-order valence-electron chi connectivity index (χ1n) is 10.9. The molecule has 0 unspecified atom stereocenters. The van der Waals surface area contributed by atoms with Crippen LogP contribution < -0.4 is 20.4 Å². The molecule has 2 N–H and O–H groups in total. The number of rotatable bonds is 5. The first-order chi connectivity index (χ1) is 14.7. The van der Waals surface area contributed by atoms with Gasteiger partial charge in [0, 0.05) is 65.1 Å². The summed E-state index contributed by atoms with van der Waals surface area (Å²) in [6.45, 7) is 7.19. The van der Waals surface area contributed by atoms with Crippen molar-refractivity contribution in [2.45, 2.75) is 25.4 Å². The number of anilines is 2. The molecule has 0 atom stereocenters. The van der Waals surface area contributed by atoms with Crippen molar-refractivity contribution in [3.05, 3.63) is 41.4 Å². The van der Waals surface area contributed by atoms with Gasteiger partial charge in [0.2, 0.25) is 0 Å². The van der Waals surface area contributed by atoms with Crippen LogP contribution >= 0.6 is 11.3 Å². The largest absolute Gasteiger partial charge is 0.363 e. The Morgan fingerprint density at radius 1 is 1.10 bits per heavy atom. The molecule has 2 aromatic heterocycles. The number of aromatic nitrogens is 1. The first-order valence-corrected chi connectivity index (χ1v) is 11.7. The van der Waals surface area contributed by atoms with Crippen molar-refractivity contribution in [1.29, 1.82) is 0 Å². The third-order valence-electron chi connectivity index (χ3n) is 5.97. The minimum absolute atomic E-state index is 0.463. The van der Waals surface area contributed by atoms with Crippen molar-refractivity contribution in [1.82, 2.24) is 20.5 Å². The van der Waals surface area contributed by atoms with Crippen molar-refractivity contribution >= 4 is 28.1 Å². The summed E-state index contributed by atoms with van der Waals surface area (Å²) < 4.78 is 0. The van der Waals surface area contributed by atoms with E-state index in [1.54, 1.807) is 0 Å². The quantitative estimate of drug-likeness (QED) is 0.564. The predicted molar refractivity (Wildman–Crippen MR) is 127 cm³/mol. The Balaban J connectivity index is 1.22. The van der Waals surface area contributed by atoms with Gasteiger partial charge in [0.05, 0.1) is 5.00 Å². The number of pyridine rings is 1. The maximum absolute atomic E-state index is 4.68. The van der Waals surface area contributed by atoms with Gasteiger partial charge in [-0.25, -0.2) is 4.98 Å². The smallest absolute Gasteiger partial charge is 0.191 e. The van der Waals surface area contributed by atoms with Gasteiger partial charge in [0.25, 0.3) is 0 Å². The van der Waals surface area contributed by atoms with Gasteiger partial charge < -0.3 is 25.3 Å². The van der Waals surface area contributed by atoms with Crippen LogP contribution in [0, 0.1) is 0 Å². The fraction of sp³-hybridized carbons (Fsp3) is 0.545. The van der Waals surface area contributed by atoms with Gasteiger partial charge in [-0.3, -0.25) is 4.99 Å². The average Bonchev–Trinajstić information content (AvgIpc) is 3.33. The second kappa shape index (κ2) is 10.1. The van der Waals surface area contributed by atoms with E-state index in [1.807, 2.05) is 24.6 Å². The molecule has 30 heavy (non-hydrogen) atoms. The number of nitrogens with one attached hydrogen (secondary N) is 2. The molecule has 2 fully saturated rings. The Hall–Kier alpha value is -2.32. The number of piperidine rings is 1. The van der Waals surface area contributed by atoms with E-state index in [0.717, 1.165) is 70.4 Å². The van der Waals surface area contributed by atoms with Crippen LogP contribution in [0.5, 0.6) is 0 Å². The molecule has 0 aliphatic carbocycles. The number of guanidine groups is 1. The topological polar surface area (TPSA) is 59.0 Å². The molecule has 0 radical (unpaired) electrons. The monoisotopic (exact) mass is 427 g/mol. The maximum atomic E-state index is 4.68. The van der Waals surface area contributed by atoms with E-state index in [0.29, 0.717) is 6.04 Å². The number of nitrogens with zero attached hydrogens (tertiary/aromatic N) is 5. The summed E-state index contributed by atoms with van der Waals surface area (Å²) in [6.07, 6.45) is 4.23. The van der Waals surface area contributed by atoms with Crippen LogP contribution in [0.15, 0.2) is 40.8 Å². The third kappa shape index (κ3) is 5.43. The highest BCUT2D eigenvalue weighted by molar-refractivity contribution is 7.14. The van der Waals surface area contributed by atoms with E-state index >= 15 is 0 Å². The lowest BCUT2D eigenvalue weighted by molar-refractivity contribution is 0.312. The Bertz CT molecular complexity index is 789. The van der Waals surface area contributed by atoms with E-state index in [2.05, 4.69) is 72.0 Å². The molecule has 8 heteroatoms. The number of hydrogen-bond donors (Lipinski definition) is 2. The molecule has 2 aliphatic heterocycles. The van der Waals surface area contributed by atoms with Crippen molar-refractivity contribution in [3.8, 4) is 0 Å². The number of hydrogen-bond acceptors (Lipinski definition) is 6. The molecule has 2 aliphatic rings. The van der Waals surface area contributed by atoms with Crippen LogP contribution in [0.3, 0.4) is 0 Å². The summed E-state index contributed by atoms with van der Waals surface area (Å²) in [6, 6.07) is 9.11. The summed E-state index contributed by atoms with van der Waals surface area (Å²) in [4.78, 5) is 16.3. The Labute approximate surface area is 183 Å². The fourth-order valence-electron chi connectivity index (χ4n) is 4.01. The van der Waals surface area contributed by atoms with Gasteiger partial charge in [-0.1, -0.05) is 6.07 Å². The molecule has 2 aromatic rings. The summed E-state index contributed by atoms with van der Waals surface area (Å²) in [5, 5.41) is 10.6. The molecule has 2 saturated heterocycles.